The maximum absolute atomic E-state index is 13.7. The third-order valence-electron chi connectivity index (χ3n) is 8.85. The SMILES string of the molecule is COCCNCc1ccc(-c2ccc(CN(C(=O)NC3CCCCC3)C3CCN(Cc4ccccc4)CC3)cc2)cc1. The second-order valence-corrected chi connectivity index (χ2v) is 12.0. The quantitative estimate of drug-likeness (QED) is 0.242. The number of ether oxygens (including phenoxy) is 1. The number of methoxy groups -OCH3 is 1. The van der Waals surface area contributed by atoms with Crippen molar-refractivity contribution in [3.8, 4) is 11.1 Å². The van der Waals surface area contributed by atoms with Crippen molar-refractivity contribution in [2.75, 3.05) is 33.4 Å². The molecule has 1 aliphatic heterocycles. The van der Waals surface area contributed by atoms with Crippen LogP contribution < -0.4 is 10.6 Å². The minimum Gasteiger partial charge on any atom is -0.383 e. The number of hydrogen-bond acceptors (Lipinski definition) is 4. The fourth-order valence-electron chi connectivity index (χ4n) is 6.32. The van der Waals surface area contributed by atoms with Gasteiger partial charge in [0.05, 0.1) is 6.61 Å². The lowest BCUT2D eigenvalue weighted by Crippen LogP contribution is -2.52. The number of piperidine rings is 1. The van der Waals surface area contributed by atoms with E-state index in [0.29, 0.717) is 12.6 Å². The van der Waals surface area contributed by atoms with E-state index in [1.165, 1.54) is 47.1 Å². The number of benzene rings is 3. The Kier molecular flexibility index (Phi) is 11.4. The summed E-state index contributed by atoms with van der Waals surface area (Å²) in [5, 5.41) is 6.81. The molecule has 2 N–H and O–H groups in total. The van der Waals surface area contributed by atoms with Gasteiger partial charge in [-0.3, -0.25) is 4.90 Å². The highest BCUT2D eigenvalue weighted by molar-refractivity contribution is 5.75. The third-order valence-corrected chi connectivity index (χ3v) is 8.85. The molecule has 0 atom stereocenters. The molecule has 5 rings (SSSR count). The van der Waals surface area contributed by atoms with Crippen molar-refractivity contribution in [1.82, 2.24) is 20.4 Å². The number of amides is 2. The van der Waals surface area contributed by atoms with Crippen LogP contribution in [0.2, 0.25) is 0 Å². The predicted molar refractivity (Wildman–Crippen MR) is 171 cm³/mol. The van der Waals surface area contributed by atoms with Crippen LogP contribution in [0.25, 0.3) is 11.1 Å². The Hall–Kier alpha value is -3.19. The lowest BCUT2D eigenvalue weighted by atomic mass is 9.95. The molecule has 0 bridgehead atoms. The van der Waals surface area contributed by atoms with Crippen molar-refractivity contribution in [2.45, 2.75) is 76.7 Å². The van der Waals surface area contributed by atoms with Gasteiger partial charge < -0.3 is 20.3 Å². The standard InChI is InChI=1S/C36H48N4O2/c1-42-25-22-37-26-29-12-16-32(17-13-29)33-18-14-31(15-19-33)28-40(36(41)38-34-10-6-3-7-11-34)35-20-23-39(24-21-35)27-30-8-4-2-5-9-30/h2,4-5,8-9,12-19,34-35,37H,3,6-7,10-11,20-28H2,1H3,(H,38,41). The first-order valence-corrected chi connectivity index (χ1v) is 15.9. The monoisotopic (exact) mass is 568 g/mol. The zero-order valence-corrected chi connectivity index (χ0v) is 25.3. The molecule has 1 saturated carbocycles. The van der Waals surface area contributed by atoms with E-state index in [0.717, 1.165) is 65.0 Å². The van der Waals surface area contributed by atoms with Crippen molar-refractivity contribution in [2.24, 2.45) is 0 Å². The summed E-state index contributed by atoms with van der Waals surface area (Å²) in [6.07, 6.45) is 7.95. The van der Waals surface area contributed by atoms with E-state index in [2.05, 4.69) is 99.3 Å². The number of nitrogens with zero attached hydrogens (tertiary/aromatic N) is 2. The van der Waals surface area contributed by atoms with E-state index >= 15 is 0 Å². The van der Waals surface area contributed by atoms with Gasteiger partial charge in [0.15, 0.2) is 0 Å². The highest BCUT2D eigenvalue weighted by Crippen LogP contribution is 2.25. The molecule has 0 radical (unpaired) electrons. The molecular formula is C36H48N4O2. The Morgan fingerprint density at radius 1 is 0.810 bits per heavy atom. The first-order chi connectivity index (χ1) is 20.7. The molecular weight excluding hydrogens is 520 g/mol. The number of carbonyl (C=O) groups is 1. The van der Waals surface area contributed by atoms with Gasteiger partial charge in [0, 0.05) is 58.5 Å². The molecule has 6 heteroatoms. The highest BCUT2D eigenvalue weighted by Gasteiger charge is 2.29. The zero-order chi connectivity index (χ0) is 29.0. The Balaban J connectivity index is 1.21. The highest BCUT2D eigenvalue weighted by atomic mass is 16.5. The minimum absolute atomic E-state index is 0.113. The number of rotatable bonds is 12. The molecule has 0 unspecified atom stereocenters. The van der Waals surface area contributed by atoms with Crippen LogP contribution in [0.15, 0.2) is 78.9 Å². The van der Waals surface area contributed by atoms with Gasteiger partial charge >= 0.3 is 6.03 Å². The number of hydrogen-bond donors (Lipinski definition) is 2. The van der Waals surface area contributed by atoms with Crippen LogP contribution in [0.3, 0.4) is 0 Å². The topological polar surface area (TPSA) is 56.8 Å². The van der Waals surface area contributed by atoms with E-state index in [-0.39, 0.29) is 12.1 Å². The van der Waals surface area contributed by atoms with Crippen LogP contribution in [0.5, 0.6) is 0 Å². The van der Waals surface area contributed by atoms with E-state index in [1.54, 1.807) is 7.11 Å². The van der Waals surface area contributed by atoms with E-state index in [9.17, 15) is 4.79 Å². The Bertz CT molecular complexity index is 1200. The van der Waals surface area contributed by atoms with Crippen molar-refractivity contribution in [3.63, 3.8) is 0 Å². The molecule has 0 spiro atoms. The zero-order valence-electron chi connectivity index (χ0n) is 25.3. The van der Waals surface area contributed by atoms with Gasteiger partial charge in [-0.25, -0.2) is 4.79 Å². The molecule has 3 aromatic carbocycles. The van der Waals surface area contributed by atoms with E-state index in [1.807, 2.05) is 0 Å². The molecule has 42 heavy (non-hydrogen) atoms. The molecule has 2 fully saturated rings. The summed E-state index contributed by atoms with van der Waals surface area (Å²) in [6.45, 7) is 6.07. The van der Waals surface area contributed by atoms with Gasteiger partial charge in [0.25, 0.3) is 0 Å². The van der Waals surface area contributed by atoms with Crippen molar-refractivity contribution >= 4 is 6.03 Å². The Morgan fingerprint density at radius 2 is 1.45 bits per heavy atom. The number of likely N-dealkylation sites (tertiary alicyclic amines) is 1. The van der Waals surface area contributed by atoms with E-state index < -0.39 is 0 Å². The van der Waals surface area contributed by atoms with Crippen LogP contribution >= 0.6 is 0 Å². The summed E-state index contributed by atoms with van der Waals surface area (Å²) < 4.78 is 5.11. The van der Waals surface area contributed by atoms with Crippen LogP contribution in [0.1, 0.15) is 61.6 Å². The molecule has 6 nitrogen and oxygen atoms in total. The van der Waals surface area contributed by atoms with E-state index in [4.69, 9.17) is 4.74 Å². The molecule has 3 aromatic rings. The van der Waals surface area contributed by atoms with Gasteiger partial charge in [-0.05, 0) is 53.5 Å². The summed E-state index contributed by atoms with van der Waals surface area (Å²) in [7, 11) is 1.72. The normalized spacial score (nSPS) is 16.8. The number of carbonyl (C=O) groups excluding carboxylic acids is 1. The van der Waals surface area contributed by atoms with Gasteiger partial charge in [-0.2, -0.15) is 0 Å². The number of urea groups is 1. The lowest BCUT2D eigenvalue weighted by molar-refractivity contribution is 0.110. The molecule has 1 saturated heterocycles. The Morgan fingerprint density at radius 3 is 2.10 bits per heavy atom. The van der Waals surface area contributed by atoms with Crippen molar-refractivity contribution < 1.29 is 9.53 Å². The summed E-state index contributed by atoms with van der Waals surface area (Å²) >= 11 is 0. The second kappa shape index (κ2) is 15.9. The first-order valence-electron chi connectivity index (χ1n) is 15.9. The largest absolute Gasteiger partial charge is 0.383 e. The smallest absolute Gasteiger partial charge is 0.318 e. The molecule has 224 valence electrons. The first kappa shape index (κ1) is 30.3. The predicted octanol–water partition coefficient (Wildman–Crippen LogP) is 6.60. The minimum atomic E-state index is 0.113. The maximum Gasteiger partial charge on any atom is 0.318 e. The fraction of sp³-hybridized carbons (Fsp3) is 0.472. The summed E-state index contributed by atoms with van der Waals surface area (Å²) in [4.78, 5) is 18.4. The van der Waals surface area contributed by atoms with Crippen LogP contribution in [-0.4, -0.2) is 61.3 Å². The van der Waals surface area contributed by atoms with Crippen molar-refractivity contribution in [3.05, 3.63) is 95.6 Å². The number of nitrogens with one attached hydrogen (secondary N) is 2. The van der Waals surface area contributed by atoms with Crippen molar-refractivity contribution in [1.29, 1.82) is 0 Å². The Labute approximate surface area is 252 Å². The van der Waals surface area contributed by atoms with Crippen LogP contribution in [0, 0.1) is 0 Å². The molecule has 2 aliphatic rings. The van der Waals surface area contributed by atoms with Crippen LogP contribution in [0.4, 0.5) is 4.79 Å². The molecule has 0 aromatic heterocycles. The average molecular weight is 569 g/mol. The fourth-order valence-corrected chi connectivity index (χ4v) is 6.32. The third kappa shape index (κ3) is 8.90. The summed E-state index contributed by atoms with van der Waals surface area (Å²) in [5.41, 5.74) is 6.21. The molecule has 1 heterocycles. The van der Waals surface area contributed by atoms with Crippen LogP contribution in [-0.2, 0) is 24.4 Å². The van der Waals surface area contributed by atoms with Gasteiger partial charge in [0.1, 0.15) is 0 Å². The lowest BCUT2D eigenvalue weighted by Gasteiger charge is -2.39. The summed E-state index contributed by atoms with van der Waals surface area (Å²) in [6, 6.07) is 28.9. The average Bonchev–Trinajstić information content (AvgIpc) is 3.04. The second-order valence-electron chi connectivity index (χ2n) is 12.0. The maximum atomic E-state index is 13.7. The van der Waals surface area contributed by atoms with Gasteiger partial charge in [-0.15, -0.1) is 0 Å². The van der Waals surface area contributed by atoms with Gasteiger partial charge in [0.2, 0.25) is 0 Å². The van der Waals surface area contributed by atoms with Gasteiger partial charge in [-0.1, -0.05) is 98.1 Å². The molecule has 2 amide bonds. The molecule has 1 aliphatic carbocycles. The summed E-state index contributed by atoms with van der Waals surface area (Å²) in [5.74, 6) is 0.